The first kappa shape index (κ1) is 17.2. The van der Waals surface area contributed by atoms with Crippen LogP contribution in [0.1, 0.15) is 12.8 Å². The summed E-state index contributed by atoms with van der Waals surface area (Å²) in [6.07, 6.45) is 5.46. The van der Waals surface area contributed by atoms with E-state index in [1.54, 1.807) is 18.3 Å². The number of nitrogens with zero attached hydrogens (tertiary/aromatic N) is 2. The lowest BCUT2D eigenvalue weighted by molar-refractivity contribution is -0.383. The molecule has 138 valence electrons. The van der Waals surface area contributed by atoms with E-state index in [9.17, 15) is 10.1 Å². The molecule has 1 fully saturated rings. The topological polar surface area (TPSA) is 86.5 Å². The third kappa shape index (κ3) is 3.83. The molecule has 0 amide bonds. The highest BCUT2D eigenvalue weighted by Crippen LogP contribution is 2.32. The molecule has 7 nitrogen and oxygen atoms in total. The summed E-state index contributed by atoms with van der Waals surface area (Å²) in [6.45, 7) is 1.38. The van der Waals surface area contributed by atoms with Crippen molar-refractivity contribution in [1.29, 1.82) is 0 Å². The van der Waals surface area contributed by atoms with Crippen molar-refractivity contribution in [3.63, 3.8) is 0 Å². The van der Waals surface area contributed by atoms with Gasteiger partial charge in [-0.2, -0.15) is 0 Å². The Hall–Kier alpha value is -3.19. The molecule has 4 rings (SSSR count). The molecule has 27 heavy (non-hydrogen) atoms. The van der Waals surface area contributed by atoms with E-state index in [4.69, 9.17) is 9.47 Å². The van der Waals surface area contributed by atoms with Gasteiger partial charge in [-0.3, -0.25) is 15.1 Å². The highest BCUT2D eigenvalue weighted by Gasteiger charge is 2.16. The van der Waals surface area contributed by atoms with E-state index in [0.29, 0.717) is 12.0 Å². The third-order valence-electron chi connectivity index (χ3n) is 4.58. The van der Waals surface area contributed by atoms with Crippen LogP contribution in [0.3, 0.4) is 0 Å². The first-order valence-electron chi connectivity index (χ1n) is 8.83. The van der Waals surface area contributed by atoms with E-state index in [2.05, 4.69) is 10.3 Å². The Labute approximate surface area is 156 Å². The zero-order valence-corrected chi connectivity index (χ0v) is 14.6. The minimum atomic E-state index is -0.395. The van der Waals surface area contributed by atoms with Crippen LogP contribution in [0, 0.1) is 10.1 Å². The summed E-state index contributed by atoms with van der Waals surface area (Å²) in [5.41, 5.74) is 1.69. The van der Waals surface area contributed by atoms with Crippen molar-refractivity contribution in [2.45, 2.75) is 18.9 Å². The highest BCUT2D eigenvalue weighted by atomic mass is 16.6. The summed E-state index contributed by atoms with van der Waals surface area (Å²) >= 11 is 0. The lowest BCUT2D eigenvalue weighted by Crippen LogP contribution is -2.16. The quantitative estimate of drug-likeness (QED) is 0.513. The zero-order chi connectivity index (χ0) is 18.6. The molecular formula is C20H19N3O4. The number of pyridine rings is 1. The second kappa shape index (κ2) is 7.59. The van der Waals surface area contributed by atoms with Gasteiger partial charge in [0.25, 0.3) is 5.69 Å². The summed E-state index contributed by atoms with van der Waals surface area (Å²) in [5, 5.41) is 15.8. The monoisotopic (exact) mass is 365 g/mol. The number of hydrogen-bond acceptors (Lipinski definition) is 6. The van der Waals surface area contributed by atoms with Gasteiger partial charge in [-0.25, -0.2) is 0 Å². The van der Waals surface area contributed by atoms with Crippen LogP contribution in [0.15, 0.2) is 54.9 Å². The van der Waals surface area contributed by atoms with E-state index in [-0.39, 0.29) is 11.8 Å². The maximum Gasteiger partial charge on any atom is 0.278 e. The van der Waals surface area contributed by atoms with Crippen molar-refractivity contribution >= 4 is 27.8 Å². The van der Waals surface area contributed by atoms with Crippen molar-refractivity contribution in [2.24, 2.45) is 0 Å². The van der Waals surface area contributed by atoms with Crippen LogP contribution >= 0.6 is 0 Å². The number of nitro groups is 1. The van der Waals surface area contributed by atoms with Gasteiger partial charge in [-0.1, -0.05) is 0 Å². The number of nitrogens with one attached hydrogen (secondary N) is 1. The number of benzene rings is 2. The third-order valence-corrected chi connectivity index (χ3v) is 4.58. The minimum absolute atomic E-state index is 0.0431. The Morgan fingerprint density at radius 1 is 1.19 bits per heavy atom. The molecule has 2 heterocycles. The maximum absolute atomic E-state index is 11.2. The number of fused-ring (bicyclic) bond motifs is 1. The average Bonchev–Trinajstić information content (AvgIpc) is 3.21. The minimum Gasteiger partial charge on any atom is -0.491 e. The van der Waals surface area contributed by atoms with Gasteiger partial charge >= 0.3 is 0 Å². The molecule has 2 aromatic carbocycles. The summed E-state index contributed by atoms with van der Waals surface area (Å²) in [5.74, 6) is 0.786. The molecule has 0 radical (unpaired) electrons. The van der Waals surface area contributed by atoms with Gasteiger partial charge in [0, 0.05) is 41.8 Å². The molecule has 0 spiro atoms. The molecule has 0 bridgehead atoms. The van der Waals surface area contributed by atoms with Crippen LogP contribution in [0.25, 0.3) is 10.8 Å². The SMILES string of the molecule is O=[N+]([O-])c1ccc(Nc2ccc(OCC3CCCO3)cc2)c2ccncc12. The Bertz CT molecular complexity index is 953. The van der Waals surface area contributed by atoms with Gasteiger partial charge in [0.05, 0.1) is 16.4 Å². The smallest absolute Gasteiger partial charge is 0.278 e. The second-order valence-corrected chi connectivity index (χ2v) is 6.41. The van der Waals surface area contributed by atoms with E-state index in [1.807, 2.05) is 24.3 Å². The van der Waals surface area contributed by atoms with E-state index in [0.717, 1.165) is 42.0 Å². The molecule has 1 aromatic heterocycles. The number of hydrogen-bond donors (Lipinski definition) is 1. The molecule has 1 saturated heterocycles. The predicted octanol–water partition coefficient (Wildman–Crippen LogP) is 4.44. The molecule has 1 atom stereocenters. The largest absolute Gasteiger partial charge is 0.491 e. The lowest BCUT2D eigenvalue weighted by Gasteiger charge is -2.13. The maximum atomic E-state index is 11.2. The molecule has 1 aliphatic rings. The van der Waals surface area contributed by atoms with Crippen molar-refractivity contribution in [2.75, 3.05) is 18.5 Å². The normalized spacial score (nSPS) is 16.4. The molecule has 3 aromatic rings. The molecule has 0 saturated carbocycles. The van der Waals surface area contributed by atoms with Crippen LogP contribution in [0.2, 0.25) is 0 Å². The molecular weight excluding hydrogens is 346 g/mol. The van der Waals surface area contributed by atoms with Gasteiger partial charge in [0.2, 0.25) is 0 Å². The molecule has 1 N–H and O–H groups in total. The van der Waals surface area contributed by atoms with Crippen molar-refractivity contribution in [1.82, 2.24) is 4.98 Å². The fourth-order valence-electron chi connectivity index (χ4n) is 3.20. The number of ether oxygens (including phenoxy) is 2. The number of nitro benzene ring substituents is 1. The van der Waals surface area contributed by atoms with Crippen molar-refractivity contribution in [3.8, 4) is 5.75 Å². The van der Waals surface area contributed by atoms with Crippen LogP contribution in [0.5, 0.6) is 5.75 Å². The fourth-order valence-corrected chi connectivity index (χ4v) is 3.20. The number of aromatic nitrogens is 1. The van der Waals surface area contributed by atoms with Crippen molar-refractivity contribution in [3.05, 3.63) is 65.0 Å². The van der Waals surface area contributed by atoms with Gasteiger partial charge in [-0.15, -0.1) is 0 Å². The summed E-state index contributed by atoms with van der Waals surface area (Å²) in [6, 6.07) is 12.6. The van der Waals surface area contributed by atoms with E-state index >= 15 is 0 Å². The van der Waals surface area contributed by atoms with E-state index in [1.165, 1.54) is 12.3 Å². The Balaban J connectivity index is 1.50. The summed E-state index contributed by atoms with van der Waals surface area (Å²) in [7, 11) is 0. The standard InChI is InChI=1S/C20H19N3O4/c24-23(25)20-8-7-19(17-9-10-21-12-18(17)20)22-14-3-5-15(6-4-14)27-13-16-2-1-11-26-16/h3-10,12,16,22H,1-2,11,13H2. The predicted molar refractivity (Wildman–Crippen MR) is 103 cm³/mol. The average molecular weight is 365 g/mol. The lowest BCUT2D eigenvalue weighted by atomic mass is 10.1. The molecule has 0 aliphatic carbocycles. The Morgan fingerprint density at radius 2 is 2.04 bits per heavy atom. The first-order valence-corrected chi connectivity index (χ1v) is 8.83. The first-order chi connectivity index (χ1) is 13.2. The van der Waals surface area contributed by atoms with Crippen molar-refractivity contribution < 1.29 is 14.4 Å². The highest BCUT2D eigenvalue weighted by molar-refractivity contribution is 6.00. The van der Waals surface area contributed by atoms with Gasteiger partial charge < -0.3 is 14.8 Å². The zero-order valence-electron chi connectivity index (χ0n) is 14.6. The summed E-state index contributed by atoms with van der Waals surface area (Å²) < 4.78 is 11.3. The van der Waals surface area contributed by atoms with Crippen LogP contribution < -0.4 is 10.1 Å². The number of rotatable bonds is 6. The molecule has 1 unspecified atom stereocenters. The van der Waals surface area contributed by atoms with Crippen LogP contribution in [0.4, 0.5) is 17.1 Å². The van der Waals surface area contributed by atoms with Gasteiger partial charge in [0.15, 0.2) is 0 Å². The Kier molecular flexibility index (Phi) is 4.84. The summed E-state index contributed by atoms with van der Waals surface area (Å²) in [4.78, 5) is 14.8. The number of anilines is 2. The second-order valence-electron chi connectivity index (χ2n) is 6.41. The van der Waals surface area contributed by atoms with Gasteiger partial charge in [0.1, 0.15) is 12.4 Å². The number of non-ortho nitro benzene ring substituents is 1. The van der Waals surface area contributed by atoms with Crippen LogP contribution in [-0.2, 0) is 4.74 Å². The molecule has 1 aliphatic heterocycles. The van der Waals surface area contributed by atoms with E-state index < -0.39 is 4.92 Å². The fraction of sp³-hybridized carbons (Fsp3) is 0.250. The Morgan fingerprint density at radius 3 is 2.78 bits per heavy atom. The van der Waals surface area contributed by atoms with Gasteiger partial charge in [-0.05, 0) is 49.2 Å². The van der Waals surface area contributed by atoms with Crippen LogP contribution in [-0.4, -0.2) is 29.2 Å². The molecule has 7 heteroatoms.